The third kappa shape index (κ3) is 4.13. The molecule has 1 atom stereocenters. The standard InChI is InChI=1S/C17H20ClN5O3/c1-3-14-20-21-15(26-14)10-22(2)17(25)19-12-8-16(24)23(9-12)13-6-4-5-11(18)7-13/h4-7,12H,3,8-10H2,1-2H3,(H,19,25)/t12-/m1/s1. The molecular formula is C17H20ClN5O3. The molecule has 1 aliphatic rings. The summed E-state index contributed by atoms with van der Waals surface area (Å²) in [6.45, 7) is 2.52. The Kier molecular flexibility index (Phi) is 5.41. The summed E-state index contributed by atoms with van der Waals surface area (Å²) in [4.78, 5) is 27.7. The van der Waals surface area contributed by atoms with Gasteiger partial charge in [-0.3, -0.25) is 4.79 Å². The minimum Gasteiger partial charge on any atom is -0.423 e. The molecule has 1 N–H and O–H groups in total. The second kappa shape index (κ2) is 7.74. The molecule has 2 heterocycles. The Labute approximate surface area is 156 Å². The molecule has 1 aliphatic heterocycles. The average molecular weight is 378 g/mol. The number of anilines is 1. The van der Waals surface area contributed by atoms with Crippen molar-refractivity contribution in [2.75, 3.05) is 18.5 Å². The molecule has 3 rings (SSSR count). The van der Waals surface area contributed by atoms with Crippen molar-refractivity contribution in [3.63, 3.8) is 0 Å². The highest BCUT2D eigenvalue weighted by Crippen LogP contribution is 2.24. The first-order chi connectivity index (χ1) is 12.5. The maximum atomic E-state index is 12.4. The number of carbonyl (C=O) groups is 2. The number of hydrogen-bond acceptors (Lipinski definition) is 5. The Balaban J connectivity index is 1.57. The summed E-state index contributed by atoms with van der Waals surface area (Å²) in [5.74, 6) is 0.861. The van der Waals surface area contributed by atoms with Gasteiger partial charge in [0.15, 0.2) is 0 Å². The summed E-state index contributed by atoms with van der Waals surface area (Å²) in [7, 11) is 1.64. The Bertz CT molecular complexity index is 809. The van der Waals surface area contributed by atoms with E-state index in [2.05, 4.69) is 15.5 Å². The molecule has 0 bridgehead atoms. The highest BCUT2D eigenvalue weighted by Gasteiger charge is 2.32. The molecule has 3 amide bonds. The van der Waals surface area contributed by atoms with Crippen LogP contribution in [0.15, 0.2) is 28.7 Å². The van der Waals surface area contributed by atoms with E-state index in [-0.39, 0.29) is 30.9 Å². The van der Waals surface area contributed by atoms with Gasteiger partial charge >= 0.3 is 6.03 Å². The third-order valence-electron chi connectivity index (χ3n) is 4.10. The topological polar surface area (TPSA) is 91.6 Å². The van der Waals surface area contributed by atoms with Gasteiger partial charge in [-0.25, -0.2) is 4.79 Å². The van der Waals surface area contributed by atoms with Gasteiger partial charge in [0.05, 0.1) is 6.04 Å². The van der Waals surface area contributed by atoms with Gasteiger partial charge in [0.25, 0.3) is 0 Å². The Morgan fingerprint density at radius 1 is 1.42 bits per heavy atom. The SMILES string of the molecule is CCc1nnc(CN(C)C(=O)N[C@@H]2CC(=O)N(c3cccc(Cl)c3)C2)o1. The molecule has 1 aromatic heterocycles. The van der Waals surface area contributed by atoms with Gasteiger partial charge in [0.1, 0.15) is 6.54 Å². The van der Waals surface area contributed by atoms with Crippen LogP contribution in [0.3, 0.4) is 0 Å². The largest absolute Gasteiger partial charge is 0.423 e. The lowest BCUT2D eigenvalue weighted by Crippen LogP contribution is -2.44. The van der Waals surface area contributed by atoms with E-state index in [1.165, 1.54) is 4.90 Å². The van der Waals surface area contributed by atoms with Gasteiger partial charge in [0.2, 0.25) is 17.7 Å². The Hall–Kier alpha value is -2.61. The van der Waals surface area contributed by atoms with E-state index < -0.39 is 0 Å². The zero-order valence-corrected chi connectivity index (χ0v) is 15.4. The quantitative estimate of drug-likeness (QED) is 0.862. The number of halogens is 1. The first-order valence-corrected chi connectivity index (χ1v) is 8.73. The van der Waals surface area contributed by atoms with Crippen LogP contribution >= 0.6 is 11.6 Å². The monoisotopic (exact) mass is 377 g/mol. The fourth-order valence-electron chi connectivity index (χ4n) is 2.75. The number of aromatic nitrogens is 2. The third-order valence-corrected chi connectivity index (χ3v) is 4.34. The summed E-state index contributed by atoms with van der Waals surface area (Å²) in [5.41, 5.74) is 0.727. The number of hydrogen-bond donors (Lipinski definition) is 1. The molecule has 0 aliphatic carbocycles. The second-order valence-corrected chi connectivity index (χ2v) is 6.57. The van der Waals surface area contributed by atoms with E-state index in [1.807, 2.05) is 13.0 Å². The molecule has 26 heavy (non-hydrogen) atoms. The van der Waals surface area contributed by atoms with E-state index in [0.717, 1.165) is 5.69 Å². The lowest BCUT2D eigenvalue weighted by molar-refractivity contribution is -0.117. The number of nitrogens with one attached hydrogen (secondary N) is 1. The minimum absolute atomic E-state index is 0.0512. The fourth-order valence-corrected chi connectivity index (χ4v) is 2.94. The van der Waals surface area contributed by atoms with Crippen LogP contribution < -0.4 is 10.2 Å². The van der Waals surface area contributed by atoms with Crippen LogP contribution in [0.1, 0.15) is 25.1 Å². The van der Waals surface area contributed by atoms with Crippen molar-refractivity contribution in [3.05, 3.63) is 41.1 Å². The molecule has 1 saturated heterocycles. The summed E-state index contributed by atoms with van der Waals surface area (Å²) in [5, 5.41) is 11.2. The van der Waals surface area contributed by atoms with Crippen LogP contribution in [-0.4, -0.2) is 46.7 Å². The molecule has 2 aromatic rings. The van der Waals surface area contributed by atoms with Gasteiger partial charge in [-0.1, -0.05) is 24.6 Å². The van der Waals surface area contributed by atoms with Crippen molar-refractivity contribution >= 4 is 29.2 Å². The van der Waals surface area contributed by atoms with Crippen LogP contribution in [0, 0.1) is 0 Å². The minimum atomic E-state index is -0.299. The van der Waals surface area contributed by atoms with Crippen LogP contribution in [0.25, 0.3) is 0 Å². The summed E-state index contributed by atoms with van der Waals surface area (Å²) in [6, 6.07) is 6.52. The lowest BCUT2D eigenvalue weighted by Gasteiger charge is -2.20. The highest BCUT2D eigenvalue weighted by atomic mass is 35.5. The zero-order chi connectivity index (χ0) is 18.7. The van der Waals surface area contributed by atoms with E-state index >= 15 is 0 Å². The molecule has 138 valence electrons. The number of aryl methyl sites for hydroxylation is 1. The van der Waals surface area contributed by atoms with Crippen LogP contribution in [0.5, 0.6) is 0 Å². The average Bonchev–Trinajstić information content (AvgIpc) is 3.21. The molecule has 9 heteroatoms. The number of benzene rings is 1. The van der Waals surface area contributed by atoms with Gasteiger partial charge in [-0.05, 0) is 18.2 Å². The van der Waals surface area contributed by atoms with Crippen molar-refractivity contribution in [1.82, 2.24) is 20.4 Å². The van der Waals surface area contributed by atoms with Gasteiger partial charge in [-0.15, -0.1) is 10.2 Å². The molecule has 0 unspecified atom stereocenters. The number of nitrogens with zero attached hydrogens (tertiary/aromatic N) is 4. The Morgan fingerprint density at radius 2 is 2.19 bits per heavy atom. The number of rotatable bonds is 5. The van der Waals surface area contributed by atoms with E-state index in [9.17, 15) is 9.59 Å². The molecule has 0 radical (unpaired) electrons. The van der Waals surface area contributed by atoms with Crippen LogP contribution in [-0.2, 0) is 17.8 Å². The molecule has 1 fully saturated rings. The van der Waals surface area contributed by atoms with Crippen molar-refractivity contribution in [2.45, 2.75) is 32.4 Å². The van der Waals surface area contributed by atoms with Crippen molar-refractivity contribution in [1.29, 1.82) is 0 Å². The van der Waals surface area contributed by atoms with E-state index in [0.29, 0.717) is 29.8 Å². The van der Waals surface area contributed by atoms with Crippen molar-refractivity contribution in [2.24, 2.45) is 0 Å². The molecule has 0 saturated carbocycles. The number of carbonyl (C=O) groups excluding carboxylic acids is 2. The summed E-state index contributed by atoms with van der Waals surface area (Å²) in [6.07, 6.45) is 0.888. The predicted molar refractivity (Wildman–Crippen MR) is 95.9 cm³/mol. The van der Waals surface area contributed by atoms with Crippen LogP contribution in [0.2, 0.25) is 5.02 Å². The zero-order valence-electron chi connectivity index (χ0n) is 14.6. The maximum Gasteiger partial charge on any atom is 0.317 e. The van der Waals surface area contributed by atoms with Crippen molar-refractivity contribution in [3.8, 4) is 0 Å². The highest BCUT2D eigenvalue weighted by molar-refractivity contribution is 6.30. The predicted octanol–water partition coefficient (Wildman–Crippen LogP) is 2.23. The lowest BCUT2D eigenvalue weighted by atomic mass is 10.2. The van der Waals surface area contributed by atoms with Crippen LogP contribution in [0.4, 0.5) is 10.5 Å². The fraction of sp³-hybridized carbons (Fsp3) is 0.412. The second-order valence-electron chi connectivity index (χ2n) is 6.13. The van der Waals surface area contributed by atoms with E-state index in [4.69, 9.17) is 16.0 Å². The van der Waals surface area contributed by atoms with Gasteiger partial charge in [0, 0.05) is 37.1 Å². The molecule has 8 nitrogen and oxygen atoms in total. The molecular weight excluding hydrogens is 358 g/mol. The number of amides is 3. The van der Waals surface area contributed by atoms with Gasteiger partial charge in [-0.2, -0.15) is 0 Å². The number of urea groups is 1. The Morgan fingerprint density at radius 3 is 2.88 bits per heavy atom. The first kappa shape index (κ1) is 18.2. The maximum absolute atomic E-state index is 12.4. The van der Waals surface area contributed by atoms with Crippen molar-refractivity contribution < 1.29 is 14.0 Å². The first-order valence-electron chi connectivity index (χ1n) is 8.35. The molecule has 1 aromatic carbocycles. The smallest absolute Gasteiger partial charge is 0.317 e. The summed E-state index contributed by atoms with van der Waals surface area (Å²) < 4.78 is 5.41. The normalized spacial score (nSPS) is 16.8. The summed E-state index contributed by atoms with van der Waals surface area (Å²) >= 11 is 5.99. The van der Waals surface area contributed by atoms with Gasteiger partial charge < -0.3 is 19.5 Å². The molecule has 0 spiro atoms. The van der Waals surface area contributed by atoms with E-state index in [1.54, 1.807) is 30.1 Å².